The Morgan fingerprint density at radius 2 is 1.61 bits per heavy atom. The van der Waals surface area contributed by atoms with Crippen molar-refractivity contribution in [3.8, 4) is 0 Å². The summed E-state index contributed by atoms with van der Waals surface area (Å²) in [5.41, 5.74) is 0.644. The second-order valence-corrected chi connectivity index (χ2v) is 9.83. The molecule has 1 aliphatic carbocycles. The number of aromatic nitrogens is 2. The van der Waals surface area contributed by atoms with Gasteiger partial charge in [-0.05, 0) is 43.9 Å². The van der Waals surface area contributed by atoms with Gasteiger partial charge >= 0.3 is 5.69 Å². The smallest absolute Gasteiger partial charge is 0.329 e. The molecule has 0 bridgehead atoms. The van der Waals surface area contributed by atoms with Crippen LogP contribution in [0.25, 0.3) is 11.0 Å². The van der Waals surface area contributed by atoms with Crippen LogP contribution in [0.4, 0.5) is 8.78 Å². The van der Waals surface area contributed by atoms with E-state index >= 15 is 0 Å². The SMILES string of the molecule is CNC(=O)Cn1c(=O)n(C2CCN(C3CCC(C)(C)CC3)CC2)c2cc(F)c(F)cc21. The number of hydrogen-bond acceptors (Lipinski definition) is 3. The predicted octanol–water partition coefficient (Wildman–Crippen LogP) is 3.43. The van der Waals surface area contributed by atoms with E-state index in [0.29, 0.717) is 17.0 Å². The molecule has 4 rings (SSSR count). The number of nitrogens with one attached hydrogen (secondary N) is 1. The van der Waals surface area contributed by atoms with Crippen LogP contribution in [0.3, 0.4) is 0 Å². The zero-order chi connectivity index (χ0) is 22.3. The lowest BCUT2D eigenvalue weighted by Crippen LogP contribution is -2.45. The number of nitrogens with zero attached hydrogens (tertiary/aromatic N) is 3. The van der Waals surface area contributed by atoms with Crippen LogP contribution in [0.2, 0.25) is 0 Å². The number of likely N-dealkylation sites (tertiary alicyclic amines) is 1. The Morgan fingerprint density at radius 3 is 2.19 bits per heavy atom. The number of amides is 1. The molecule has 2 heterocycles. The number of hydrogen-bond donors (Lipinski definition) is 1. The Kier molecular flexibility index (Phi) is 5.94. The molecule has 2 aliphatic rings. The molecule has 1 aromatic carbocycles. The molecule has 0 atom stereocenters. The van der Waals surface area contributed by atoms with E-state index in [1.54, 1.807) is 4.57 Å². The molecule has 170 valence electrons. The molecule has 0 radical (unpaired) electrons. The minimum atomic E-state index is -1.02. The number of carbonyl (C=O) groups is 1. The number of likely N-dealkylation sites (N-methyl/N-ethyl adjacent to an activating group) is 1. The van der Waals surface area contributed by atoms with Crippen LogP contribution < -0.4 is 11.0 Å². The third-order valence-corrected chi connectivity index (χ3v) is 7.27. The fourth-order valence-corrected chi connectivity index (χ4v) is 5.26. The molecule has 1 amide bonds. The predicted molar refractivity (Wildman–Crippen MR) is 116 cm³/mol. The Balaban J connectivity index is 1.59. The minimum Gasteiger partial charge on any atom is -0.358 e. The highest BCUT2D eigenvalue weighted by Crippen LogP contribution is 2.38. The summed E-state index contributed by atoms with van der Waals surface area (Å²) in [5, 5.41) is 2.49. The van der Waals surface area contributed by atoms with Crippen molar-refractivity contribution in [2.24, 2.45) is 5.41 Å². The van der Waals surface area contributed by atoms with Crippen molar-refractivity contribution in [3.05, 3.63) is 34.3 Å². The summed E-state index contributed by atoms with van der Waals surface area (Å²) in [7, 11) is 1.48. The maximum atomic E-state index is 14.0. The number of halogens is 2. The Bertz CT molecular complexity index is 1020. The van der Waals surface area contributed by atoms with E-state index in [1.807, 2.05) is 0 Å². The molecule has 1 N–H and O–H groups in total. The average molecular weight is 435 g/mol. The molecule has 1 aliphatic heterocycles. The van der Waals surface area contributed by atoms with Gasteiger partial charge in [-0.25, -0.2) is 13.6 Å². The quantitative estimate of drug-likeness (QED) is 0.802. The van der Waals surface area contributed by atoms with Gasteiger partial charge in [0, 0.05) is 44.4 Å². The first-order valence-corrected chi connectivity index (χ1v) is 11.2. The highest BCUT2D eigenvalue weighted by molar-refractivity contribution is 5.81. The maximum absolute atomic E-state index is 14.0. The number of imidazole rings is 1. The van der Waals surface area contributed by atoms with Crippen LogP contribution in [0.5, 0.6) is 0 Å². The fourth-order valence-electron chi connectivity index (χ4n) is 5.26. The van der Waals surface area contributed by atoms with Crippen molar-refractivity contribution >= 4 is 16.9 Å². The van der Waals surface area contributed by atoms with Crippen molar-refractivity contribution in [2.45, 2.75) is 71.0 Å². The molecule has 1 saturated carbocycles. The van der Waals surface area contributed by atoms with Crippen LogP contribution >= 0.6 is 0 Å². The van der Waals surface area contributed by atoms with Crippen LogP contribution in [0.15, 0.2) is 16.9 Å². The maximum Gasteiger partial charge on any atom is 0.329 e. The number of benzene rings is 1. The largest absolute Gasteiger partial charge is 0.358 e. The van der Waals surface area contributed by atoms with Crippen LogP contribution in [-0.4, -0.2) is 46.1 Å². The van der Waals surface area contributed by atoms with Gasteiger partial charge < -0.3 is 10.2 Å². The van der Waals surface area contributed by atoms with Gasteiger partial charge in [-0.1, -0.05) is 13.8 Å². The van der Waals surface area contributed by atoms with Gasteiger partial charge in [-0.2, -0.15) is 0 Å². The summed E-state index contributed by atoms with van der Waals surface area (Å²) < 4.78 is 30.8. The van der Waals surface area contributed by atoms with Crippen LogP contribution in [-0.2, 0) is 11.3 Å². The average Bonchev–Trinajstić information content (AvgIpc) is 2.99. The van der Waals surface area contributed by atoms with Gasteiger partial charge in [0.2, 0.25) is 5.91 Å². The Labute approximate surface area is 181 Å². The summed E-state index contributed by atoms with van der Waals surface area (Å²) in [6, 6.07) is 2.60. The van der Waals surface area contributed by atoms with Crippen molar-refractivity contribution in [1.82, 2.24) is 19.4 Å². The van der Waals surface area contributed by atoms with Crippen molar-refractivity contribution in [2.75, 3.05) is 20.1 Å². The molecule has 2 aromatic rings. The zero-order valence-corrected chi connectivity index (χ0v) is 18.6. The van der Waals surface area contributed by atoms with E-state index < -0.39 is 11.6 Å². The molecule has 0 spiro atoms. The van der Waals surface area contributed by atoms with Gasteiger partial charge in [0.05, 0.1) is 11.0 Å². The summed E-state index contributed by atoms with van der Waals surface area (Å²) >= 11 is 0. The van der Waals surface area contributed by atoms with Crippen molar-refractivity contribution in [3.63, 3.8) is 0 Å². The lowest BCUT2D eigenvalue weighted by Gasteiger charge is -2.43. The van der Waals surface area contributed by atoms with E-state index in [1.165, 1.54) is 37.3 Å². The second kappa shape index (κ2) is 8.37. The van der Waals surface area contributed by atoms with Gasteiger partial charge in [0.15, 0.2) is 11.6 Å². The molecule has 31 heavy (non-hydrogen) atoms. The first-order chi connectivity index (χ1) is 14.7. The Morgan fingerprint density at radius 1 is 1.03 bits per heavy atom. The highest BCUT2D eigenvalue weighted by atomic mass is 19.2. The monoisotopic (exact) mass is 434 g/mol. The molecule has 0 unspecified atom stereocenters. The molecular formula is C23H32F2N4O2. The third kappa shape index (κ3) is 4.27. The summed E-state index contributed by atoms with van der Waals surface area (Å²) in [6.45, 7) is 6.21. The van der Waals surface area contributed by atoms with E-state index in [9.17, 15) is 18.4 Å². The van der Waals surface area contributed by atoms with E-state index in [-0.39, 0.29) is 29.7 Å². The molecular weight excluding hydrogens is 402 g/mol. The number of carbonyl (C=O) groups excluding carboxylic acids is 1. The standard InChI is InChI=1S/C23H32F2N4O2/c1-23(2)8-4-15(5-9-23)27-10-6-16(7-11-27)29-20-13-18(25)17(24)12-19(20)28(22(29)31)14-21(30)26-3/h12-13,15-16H,4-11,14H2,1-3H3,(H,26,30). The summed E-state index contributed by atoms with van der Waals surface area (Å²) in [6.07, 6.45) is 6.42. The summed E-state index contributed by atoms with van der Waals surface area (Å²) in [4.78, 5) is 27.7. The summed E-state index contributed by atoms with van der Waals surface area (Å²) in [5.74, 6) is -2.37. The highest BCUT2D eigenvalue weighted by Gasteiger charge is 2.33. The lowest BCUT2D eigenvalue weighted by atomic mass is 9.75. The minimum absolute atomic E-state index is 0.0953. The van der Waals surface area contributed by atoms with Crippen molar-refractivity contribution in [1.29, 1.82) is 0 Å². The van der Waals surface area contributed by atoms with Crippen molar-refractivity contribution < 1.29 is 13.6 Å². The van der Waals surface area contributed by atoms with E-state index in [4.69, 9.17) is 0 Å². The first-order valence-electron chi connectivity index (χ1n) is 11.2. The van der Waals surface area contributed by atoms with E-state index in [2.05, 4.69) is 24.1 Å². The van der Waals surface area contributed by atoms with Gasteiger partial charge in [0.1, 0.15) is 6.54 Å². The molecule has 2 fully saturated rings. The topological polar surface area (TPSA) is 59.3 Å². The fraction of sp³-hybridized carbons (Fsp3) is 0.652. The molecule has 6 nitrogen and oxygen atoms in total. The van der Waals surface area contributed by atoms with Gasteiger partial charge in [0.25, 0.3) is 0 Å². The normalized spacial score (nSPS) is 20.9. The molecule has 8 heteroatoms. The number of rotatable bonds is 4. The van der Waals surface area contributed by atoms with Crippen LogP contribution in [0.1, 0.15) is 58.4 Å². The Hall–Kier alpha value is -2.22. The first kappa shape index (κ1) is 22.0. The molecule has 1 aromatic heterocycles. The van der Waals surface area contributed by atoms with Gasteiger partial charge in [-0.15, -0.1) is 0 Å². The lowest BCUT2D eigenvalue weighted by molar-refractivity contribution is -0.121. The zero-order valence-electron chi connectivity index (χ0n) is 18.6. The van der Waals surface area contributed by atoms with Crippen LogP contribution in [0, 0.1) is 17.0 Å². The molecule has 1 saturated heterocycles. The number of fused-ring (bicyclic) bond motifs is 1. The second-order valence-electron chi connectivity index (χ2n) is 9.83. The van der Waals surface area contributed by atoms with Gasteiger partial charge in [-0.3, -0.25) is 13.9 Å². The van der Waals surface area contributed by atoms with E-state index in [0.717, 1.165) is 38.1 Å². The third-order valence-electron chi connectivity index (χ3n) is 7.27. The number of piperidine rings is 1.